The van der Waals surface area contributed by atoms with E-state index in [4.69, 9.17) is 14.0 Å². The summed E-state index contributed by atoms with van der Waals surface area (Å²) >= 11 is 0. The van der Waals surface area contributed by atoms with E-state index < -0.39 is 0 Å². The number of nitrogens with zero attached hydrogens (tertiary/aromatic N) is 2. The van der Waals surface area contributed by atoms with E-state index >= 15 is 0 Å². The van der Waals surface area contributed by atoms with E-state index in [1.807, 2.05) is 18.2 Å². The monoisotopic (exact) mass is 353 g/mol. The van der Waals surface area contributed by atoms with Crippen molar-refractivity contribution >= 4 is 5.91 Å². The topological polar surface area (TPSA) is 86.5 Å². The summed E-state index contributed by atoms with van der Waals surface area (Å²) in [4.78, 5) is 16.0. The Morgan fingerprint density at radius 3 is 2.58 bits per heavy atom. The molecule has 7 nitrogen and oxygen atoms in total. The van der Waals surface area contributed by atoms with Gasteiger partial charge in [-0.1, -0.05) is 5.16 Å². The molecule has 2 heterocycles. The fourth-order valence-corrected chi connectivity index (χ4v) is 2.45. The first-order valence-electron chi connectivity index (χ1n) is 8.03. The number of nitrogens with one attached hydrogen (secondary N) is 1. The van der Waals surface area contributed by atoms with E-state index in [0.29, 0.717) is 29.5 Å². The normalized spacial score (nSPS) is 10.4. The molecule has 0 fully saturated rings. The maximum atomic E-state index is 12.1. The highest BCUT2D eigenvalue weighted by Crippen LogP contribution is 2.32. The highest BCUT2D eigenvalue weighted by Gasteiger charge is 2.13. The molecule has 0 aliphatic heterocycles. The highest BCUT2D eigenvalue weighted by molar-refractivity contribution is 5.78. The van der Waals surface area contributed by atoms with Crippen molar-refractivity contribution in [3.63, 3.8) is 0 Å². The zero-order valence-corrected chi connectivity index (χ0v) is 14.6. The number of hydrogen-bond donors (Lipinski definition) is 1. The van der Waals surface area contributed by atoms with Gasteiger partial charge < -0.3 is 19.3 Å². The van der Waals surface area contributed by atoms with Gasteiger partial charge in [0.05, 0.1) is 26.3 Å². The van der Waals surface area contributed by atoms with E-state index in [1.54, 1.807) is 44.8 Å². The molecule has 26 heavy (non-hydrogen) atoms. The van der Waals surface area contributed by atoms with Gasteiger partial charge in [-0.05, 0) is 35.9 Å². The lowest BCUT2D eigenvalue weighted by atomic mass is 10.1. The van der Waals surface area contributed by atoms with Gasteiger partial charge in [0.15, 0.2) is 17.3 Å². The number of hydrogen-bond acceptors (Lipinski definition) is 6. The fraction of sp³-hybridized carbons (Fsp3) is 0.211. The van der Waals surface area contributed by atoms with Gasteiger partial charge >= 0.3 is 0 Å². The van der Waals surface area contributed by atoms with Crippen molar-refractivity contribution in [1.29, 1.82) is 0 Å². The second kappa shape index (κ2) is 8.15. The van der Waals surface area contributed by atoms with Gasteiger partial charge in [0, 0.05) is 30.6 Å². The Morgan fingerprint density at radius 1 is 1.08 bits per heavy atom. The Hall–Kier alpha value is -3.35. The van der Waals surface area contributed by atoms with Crippen molar-refractivity contribution in [3.8, 4) is 22.8 Å². The van der Waals surface area contributed by atoms with Crippen LogP contribution in [0.4, 0.5) is 0 Å². The molecule has 0 aliphatic rings. The number of carbonyl (C=O) groups excluding carboxylic acids is 1. The maximum absolute atomic E-state index is 12.1. The van der Waals surface area contributed by atoms with Gasteiger partial charge in [0.25, 0.3) is 0 Å². The average molecular weight is 353 g/mol. The average Bonchev–Trinajstić information content (AvgIpc) is 3.15. The lowest BCUT2D eigenvalue weighted by Crippen LogP contribution is -2.24. The summed E-state index contributed by atoms with van der Waals surface area (Å²) in [5.74, 6) is 1.65. The summed E-state index contributed by atoms with van der Waals surface area (Å²) in [7, 11) is 3.15. The minimum atomic E-state index is -0.131. The van der Waals surface area contributed by atoms with Gasteiger partial charge in [0.1, 0.15) is 0 Å². The van der Waals surface area contributed by atoms with Gasteiger partial charge in [-0.2, -0.15) is 0 Å². The predicted octanol–water partition coefficient (Wildman–Crippen LogP) is 2.61. The minimum Gasteiger partial charge on any atom is -0.493 e. The Labute approximate surface area is 150 Å². The SMILES string of the molecule is COc1ccc(-c2cc(CC(=O)NCc3ccncc3)no2)cc1OC. The summed E-state index contributed by atoms with van der Waals surface area (Å²) in [6, 6.07) is 10.9. The third-order valence-corrected chi connectivity index (χ3v) is 3.81. The Kier molecular flexibility index (Phi) is 5.48. The fourth-order valence-electron chi connectivity index (χ4n) is 2.45. The first kappa shape index (κ1) is 17.5. The molecule has 0 atom stereocenters. The third kappa shape index (κ3) is 4.18. The molecule has 0 saturated heterocycles. The van der Waals surface area contributed by atoms with Crippen LogP contribution in [0.2, 0.25) is 0 Å². The van der Waals surface area contributed by atoms with Gasteiger partial charge in [-0.25, -0.2) is 0 Å². The van der Waals surface area contributed by atoms with Crippen molar-refractivity contribution in [2.24, 2.45) is 0 Å². The van der Waals surface area contributed by atoms with Crippen LogP contribution in [-0.4, -0.2) is 30.3 Å². The molecule has 1 N–H and O–H groups in total. The van der Waals surface area contributed by atoms with Crippen LogP contribution in [-0.2, 0) is 17.8 Å². The quantitative estimate of drug-likeness (QED) is 0.703. The van der Waals surface area contributed by atoms with E-state index in [2.05, 4.69) is 15.5 Å². The van der Waals surface area contributed by atoms with Crippen molar-refractivity contribution in [1.82, 2.24) is 15.5 Å². The molecular weight excluding hydrogens is 334 g/mol. The first-order valence-corrected chi connectivity index (χ1v) is 8.03. The van der Waals surface area contributed by atoms with Crippen molar-refractivity contribution in [2.75, 3.05) is 14.2 Å². The summed E-state index contributed by atoms with van der Waals surface area (Å²) in [5.41, 5.74) is 2.33. The number of carbonyl (C=O) groups is 1. The molecule has 0 radical (unpaired) electrons. The van der Waals surface area contributed by atoms with Crippen LogP contribution in [0.1, 0.15) is 11.3 Å². The van der Waals surface area contributed by atoms with Crippen LogP contribution in [0.15, 0.2) is 53.3 Å². The van der Waals surface area contributed by atoms with Crippen LogP contribution in [0.25, 0.3) is 11.3 Å². The van der Waals surface area contributed by atoms with Crippen molar-refractivity contribution in [2.45, 2.75) is 13.0 Å². The molecule has 2 aromatic heterocycles. The Bertz CT molecular complexity index is 878. The summed E-state index contributed by atoms with van der Waals surface area (Å²) in [6.45, 7) is 0.446. The predicted molar refractivity (Wildman–Crippen MR) is 94.8 cm³/mol. The Morgan fingerprint density at radius 2 is 1.85 bits per heavy atom. The molecule has 7 heteroatoms. The van der Waals surface area contributed by atoms with Gasteiger partial charge in [-0.3, -0.25) is 9.78 Å². The van der Waals surface area contributed by atoms with E-state index in [-0.39, 0.29) is 12.3 Å². The molecule has 3 rings (SSSR count). The highest BCUT2D eigenvalue weighted by atomic mass is 16.5. The van der Waals surface area contributed by atoms with E-state index in [0.717, 1.165) is 11.1 Å². The maximum Gasteiger partial charge on any atom is 0.226 e. The molecular formula is C19H19N3O4. The number of pyridine rings is 1. The molecule has 0 aliphatic carbocycles. The smallest absolute Gasteiger partial charge is 0.226 e. The molecule has 0 bridgehead atoms. The van der Waals surface area contributed by atoms with Crippen LogP contribution in [0.5, 0.6) is 11.5 Å². The molecule has 1 amide bonds. The van der Waals surface area contributed by atoms with E-state index in [1.165, 1.54) is 0 Å². The number of ether oxygens (including phenoxy) is 2. The second-order valence-electron chi connectivity index (χ2n) is 5.56. The zero-order chi connectivity index (χ0) is 18.4. The van der Waals surface area contributed by atoms with E-state index in [9.17, 15) is 4.79 Å². The summed E-state index contributed by atoms with van der Waals surface area (Å²) in [5, 5.41) is 6.81. The lowest BCUT2D eigenvalue weighted by molar-refractivity contribution is -0.120. The molecule has 1 aromatic carbocycles. The molecule has 3 aromatic rings. The molecule has 0 saturated carbocycles. The van der Waals surface area contributed by atoms with Crippen molar-refractivity contribution < 1.29 is 18.8 Å². The minimum absolute atomic E-state index is 0.131. The third-order valence-electron chi connectivity index (χ3n) is 3.81. The van der Waals surface area contributed by atoms with Crippen LogP contribution in [0.3, 0.4) is 0 Å². The number of amides is 1. The summed E-state index contributed by atoms with van der Waals surface area (Å²) in [6.07, 6.45) is 3.52. The van der Waals surface area contributed by atoms with Gasteiger partial charge in [-0.15, -0.1) is 0 Å². The lowest BCUT2D eigenvalue weighted by Gasteiger charge is -2.07. The standard InChI is InChI=1S/C19H19N3O4/c1-24-16-4-3-14(9-18(16)25-2)17-10-15(22-26-17)11-19(23)21-12-13-5-7-20-8-6-13/h3-10H,11-12H2,1-2H3,(H,21,23). The summed E-state index contributed by atoms with van der Waals surface area (Å²) < 4.78 is 15.9. The largest absolute Gasteiger partial charge is 0.493 e. The number of methoxy groups -OCH3 is 2. The Balaban J connectivity index is 1.63. The first-order chi connectivity index (χ1) is 12.7. The molecule has 0 unspecified atom stereocenters. The zero-order valence-electron chi connectivity index (χ0n) is 14.6. The molecule has 0 spiro atoms. The number of aromatic nitrogens is 2. The number of rotatable bonds is 7. The van der Waals surface area contributed by atoms with Crippen LogP contribution >= 0.6 is 0 Å². The van der Waals surface area contributed by atoms with Crippen LogP contribution < -0.4 is 14.8 Å². The second-order valence-corrected chi connectivity index (χ2v) is 5.56. The van der Waals surface area contributed by atoms with Crippen LogP contribution in [0, 0.1) is 0 Å². The molecule has 134 valence electrons. The number of benzene rings is 1. The van der Waals surface area contributed by atoms with Crippen molar-refractivity contribution in [3.05, 3.63) is 60.0 Å². The van der Waals surface area contributed by atoms with Gasteiger partial charge in [0.2, 0.25) is 5.91 Å².